The number of guanidine groups is 2. The molecule has 0 spiro atoms. The molecule has 2 amide bonds. The van der Waals surface area contributed by atoms with Gasteiger partial charge in [0.25, 0.3) is 0 Å². The number of aliphatic imine (C=N–C) groups is 2. The zero-order valence-electron chi connectivity index (χ0n) is 17.3. The van der Waals surface area contributed by atoms with Gasteiger partial charge in [0.2, 0.25) is 11.9 Å². The summed E-state index contributed by atoms with van der Waals surface area (Å²) in [5, 5.41) is 12.3. The van der Waals surface area contributed by atoms with Gasteiger partial charge in [-0.25, -0.2) is 23.0 Å². The third kappa shape index (κ3) is 3.39. The lowest BCUT2D eigenvalue weighted by molar-refractivity contribution is 0.230. The molecule has 11 heteroatoms. The summed E-state index contributed by atoms with van der Waals surface area (Å²) in [7, 11) is 2.89. The highest BCUT2D eigenvalue weighted by Gasteiger charge is 2.41. The minimum atomic E-state index is -1.56. The molecule has 0 fully saturated rings. The predicted octanol–water partition coefficient (Wildman–Crippen LogP) is 3.54. The van der Waals surface area contributed by atoms with Gasteiger partial charge in [-0.2, -0.15) is 10.3 Å². The fraction of sp³-hybridized carbons (Fsp3) is 0.238. The largest absolute Gasteiger partial charge is 0.495 e. The second kappa shape index (κ2) is 7.88. The molecule has 8 nitrogen and oxygen atoms in total. The highest BCUT2D eigenvalue weighted by molar-refractivity contribution is 6.17. The number of nitriles is 1. The van der Waals surface area contributed by atoms with E-state index in [1.54, 1.807) is 19.1 Å². The first kappa shape index (κ1) is 21.2. The predicted molar refractivity (Wildman–Crippen MR) is 110 cm³/mol. The van der Waals surface area contributed by atoms with Gasteiger partial charge in [0.1, 0.15) is 11.8 Å². The van der Waals surface area contributed by atoms with Crippen molar-refractivity contribution in [1.29, 1.82) is 5.26 Å². The van der Waals surface area contributed by atoms with Crippen LogP contribution in [0.3, 0.4) is 0 Å². The smallest absolute Gasteiger partial charge is 0.353 e. The van der Waals surface area contributed by atoms with Crippen LogP contribution in [-0.4, -0.2) is 48.5 Å². The van der Waals surface area contributed by atoms with Gasteiger partial charge in [0.05, 0.1) is 25.3 Å². The van der Waals surface area contributed by atoms with Crippen LogP contribution in [0.1, 0.15) is 22.7 Å². The molecule has 164 valence electrons. The van der Waals surface area contributed by atoms with Crippen LogP contribution < -0.4 is 10.1 Å². The number of amides is 2. The first-order chi connectivity index (χ1) is 15.2. The molecule has 2 aromatic carbocycles. The van der Waals surface area contributed by atoms with Crippen molar-refractivity contribution in [2.75, 3.05) is 26.0 Å². The summed E-state index contributed by atoms with van der Waals surface area (Å²) < 4.78 is 46.5. The molecule has 1 N–H and O–H groups in total. The minimum absolute atomic E-state index is 0.0633. The Kier molecular flexibility index (Phi) is 5.22. The third-order valence-corrected chi connectivity index (χ3v) is 5.25. The van der Waals surface area contributed by atoms with Crippen LogP contribution in [0, 0.1) is 35.7 Å². The summed E-state index contributed by atoms with van der Waals surface area (Å²) in [5.74, 6) is -3.61. The Labute approximate surface area is 181 Å². The summed E-state index contributed by atoms with van der Waals surface area (Å²) in [6.45, 7) is 1.81. The van der Waals surface area contributed by atoms with Crippen molar-refractivity contribution in [2.24, 2.45) is 9.98 Å². The van der Waals surface area contributed by atoms with E-state index in [9.17, 15) is 23.2 Å². The maximum absolute atomic E-state index is 13.9. The topological polar surface area (TPSA) is 93.3 Å². The molecule has 0 saturated carbocycles. The normalized spacial score (nSPS) is 17.5. The van der Waals surface area contributed by atoms with Gasteiger partial charge in [-0.05, 0) is 36.2 Å². The van der Waals surface area contributed by atoms with Crippen molar-refractivity contribution in [3.8, 4) is 11.8 Å². The van der Waals surface area contributed by atoms with Crippen LogP contribution >= 0.6 is 0 Å². The fourth-order valence-corrected chi connectivity index (χ4v) is 3.59. The van der Waals surface area contributed by atoms with Crippen LogP contribution in [-0.2, 0) is 0 Å². The Morgan fingerprint density at radius 1 is 1.22 bits per heavy atom. The van der Waals surface area contributed by atoms with Crippen molar-refractivity contribution in [3.63, 3.8) is 0 Å². The van der Waals surface area contributed by atoms with Crippen LogP contribution in [0.25, 0.3) is 0 Å². The second-order valence-electron chi connectivity index (χ2n) is 7.21. The first-order valence-corrected chi connectivity index (χ1v) is 9.45. The van der Waals surface area contributed by atoms with Crippen LogP contribution in [0.4, 0.5) is 23.7 Å². The molecule has 2 heterocycles. The standard InChI is InChI=1S/C21H17F3N6O2/c1-10-4-12(8-25)17(32-3)7-15(10)27-19-28-21(31)29(2)20-26-9-16(30(19)20)11-5-13(22)18(24)14(23)6-11/h4-7,16H,9H2,1-3H3,(H,27,28,31). The summed E-state index contributed by atoms with van der Waals surface area (Å²) >= 11 is 0. The zero-order chi connectivity index (χ0) is 23.2. The highest BCUT2D eigenvalue weighted by Crippen LogP contribution is 2.33. The van der Waals surface area contributed by atoms with Gasteiger partial charge in [0, 0.05) is 18.8 Å². The van der Waals surface area contributed by atoms with Crippen molar-refractivity contribution in [2.45, 2.75) is 13.0 Å². The van der Waals surface area contributed by atoms with Gasteiger partial charge in [0.15, 0.2) is 17.5 Å². The Hall–Kier alpha value is -4.07. The van der Waals surface area contributed by atoms with Crippen molar-refractivity contribution in [1.82, 2.24) is 9.80 Å². The summed E-state index contributed by atoms with van der Waals surface area (Å²) in [6, 6.07) is 5.68. The number of benzene rings is 2. The van der Waals surface area contributed by atoms with E-state index in [1.165, 1.54) is 24.0 Å². The molecular formula is C21H17F3N6O2. The van der Waals surface area contributed by atoms with Gasteiger partial charge in [-0.15, -0.1) is 0 Å². The van der Waals surface area contributed by atoms with Gasteiger partial charge >= 0.3 is 6.03 Å². The highest BCUT2D eigenvalue weighted by atomic mass is 19.2. The monoisotopic (exact) mass is 442 g/mol. The molecule has 0 saturated heterocycles. The molecule has 0 aliphatic carbocycles. The molecular weight excluding hydrogens is 425 g/mol. The zero-order valence-corrected chi connectivity index (χ0v) is 17.3. The first-order valence-electron chi connectivity index (χ1n) is 9.45. The molecule has 2 aliphatic heterocycles. The number of anilines is 1. The summed E-state index contributed by atoms with van der Waals surface area (Å²) in [5.41, 5.74) is 1.63. The number of methoxy groups -OCH3 is 1. The number of fused-ring (bicyclic) bond motifs is 1. The lowest BCUT2D eigenvalue weighted by Crippen LogP contribution is -2.53. The number of rotatable bonds is 3. The number of carbonyl (C=O) groups is 1. The van der Waals surface area contributed by atoms with E-state index in [2.05, 4.69) is 15.3 Å². The maximum Gasteiger partial charge on any atom is 0.353 e. The number of hydrogen-bond acceptors (Lipinski definition) is 6. The average Bonchev–Trinajstić information content (AvgIpc) is 3.22. The number of halogens is 3. The molecule has 1 unspecified atom stereocenters. The molecule has 1 atom stereocenters. The molecule has 2 aliphatic rings. The van der Waals surface area contributed by atoms with E-state index in [4.69, 9.17) is 4.74 Å². The van der Waals surface area contributed by atoms with Crippen molar-refractivity contribution in [3.05, 3.63) is 58.4 Å². The fourth-order valence-electron chi connectivity index (χ4n) is 3.59. The molecule has 32 heavy (non-hydrogen) atoms. The Balaban J connectivity index is 1.76. The van der Waals surface area contributed by atoms with E-state index in [-0.39, 0.29) is 24.0 Å². The maximum atomic E-state index is 13.9. The Morgan fingerprint density at radius 3 is 2.53 bits per heavy atom. The van der Waals surface area contributed by atoms with E-state index < -0.39 is 29.5 Å². The summed E-state index contributed by atoms with van der Waals surface area (Å²) in [4.78, 5) is 23.5. The van der Waals surface area contributed by atoms with Gasteiger partial charge in [-0.1, -0.05) is 0 Å². The van der Waals surface area contributed by atoms with Gasteiger partial charge < -0.3 is 10.1 Å². The van der Waals surface area contributed by atoms with E-state index in [1.807, 2.05) is 6.07 Å². The number of aryl methyl sites for hydroxylation is 1. The van der Waals surface area contributed by atoms with Crippen LogP contribution in [0.2, 0.25) is 0 Å². The molecule has 0 bridgehead atoms. The number of urea groups is 1. The number of nitrogens with zero attached hydrogens (tertiary/aromatic N) is 5. The average molecular weight is 442 g/mol. The lowest BCUT2D eigenvalue weighted by atomic mass is 10.1. The number of ether oxygens (including phenoxy) is 1. The van der Waals surface area contributed by atoms with Crippen LogP contribution in [0.15, 0.2) is 34.3 Å². The molecule has 0 radical (unpaired) electrons. The SMILES string of the molecule is COc1cc(NC2=NC(=O)N(C)C3=NCC(c4cc(F)c(F)c(F)c4)N23)c(C)cc1C#N. The summed E-state index contributed by atoms with van der Waals surface area (Å²) in [6.07, 6.45) is 0. The quantitative estimate of drug-likeness (QED) is 0.734. The van der Waals surface area contributed by atoms with Gasteiger partial charge in [-0.3, -0.25) is 9.80 Å². The lowest BCUT2D eigenvalue weighted by Gasteiger charge is -2.35. The van der Waals surface area contributed by atoms with E-state index >= 15 is 0 Å². The minimum Gasteiger partial charge on any atom is -0.495 e. The molecule has 4 rings (SSSR count). The van der Waals surface area contributed by atoms with Crippen LogP contribution in [0.5, 0.6) is 5.75 Å². The third-order valence-electron chi connectivity index (χ3n) is 5.25. The van der Waals surface area contributed by atoms with E-state index in [0.717, 1.165) is 12.1 Å². The van der Waals surface area contributed by atoms with E-state index in [0.29, 0.717) is 22.6 Å². The Bertz CT molecular complexity index is 1210. The van der Waals surface area contributed by atoms with Crippen molar-refractivity contribution < 1.29 is 22.7 Å². The number of carbonyl (C=O) groups excluding carboxylic acids is 1. The number of hydrogen-bond donors (Lipinski definition) is 1. The second-order valence-corrected chi connectivity index (χ2v) is 7.21. The van der Waals surface area contributed by atoms with Crippen molar-refractivity contribution >= 4 is 23.6 Å². The molecule has 2 aromatic rings. The molecule has 0 aromatic heterocycles. The number of nitrogens with one attached hydrogen (secondary N) is 1. The Morgan fingerprint density at radius 2 is 1.91 bits per heavy atom.